The molecular formula is C22H27N3O3S. The van der Waals surface area contributed by atoms with Crippen molar-refractivity contribution in [1.82, 2.24) is 10.9 Å². The van der Waals surface area contributed by atoms with Gasteiger partial charge in [0, 0.05) is 6.08 Å². The molecule has 6 nitrogen and oxygen atoms in total. The first-order chi connectivity index (χ1) is 13.7. The Bertz CT molecular complexity index is 887. The van der Waals surface area contributed by atoms with E-state index < -0.39 is 0 Å². The Kier molecular flexibility index (Phi) is 7.61. The summed E-state index contributed by atoms with van der Waals surface area (Å²) in [4.78, 5) is 11.7. The lowest BCUT2D eigenvalue weighted by Crippen LogP contribution is -2.43. The maximum absolute atomic E-state index is 11.7. The summed E-state index contributed by atoms with van der Waals surface area (Å²) in [6, 6.07) is 13.8. The van der Waals surface area contributed by atoms with Crippen LogP contribution in [0.25, 0.3) is 6.08 Å². The summed E-state index contributed by atoms with van der Waals surface area (Å²) in [6.07, 6.45) is 3.01. The van der Waals surface area contributed by atoms with Crippen molar-refractivity contribution in [1.29, 1.82) is 0 Å². The van der Waals surface area contributed by atoms with Gasteiger partial charge >= 0.3 is 0 Å². The number of amides is 1. The molecule has 0 fully saturated rings. The minimum absolute atomic E-state index is 0.0111. The molecule has 1 amide bonds. The van der Waals surface area contributed by atoms with Crippen molar-refractivity contribution >= 4 is 29.3 Å². The van der Waals surface area contributed by atoms with Gasteiger partial charge in [-0.2, -0.15) is 0 Å². The molecule has 0 radical (unpaired) electrons. The van der Waals surface area contributed by atoms with E-state index in [1.54, 1.807) is 19.3 Å². The number of rotatable bonds is 6. The van der Waals surface area contributed by atoms with Gasteiger partial charge in [0.2, 0.25) is 0 Å². The van der Waals surface area contributed by atoms with Crippen LogP contribution in [0, 0.1) is 0 Å². The molecule has 2 aromatic carbocycles. The van der Waals surface area contributed by atoms with Gasteiger partial charge < -0.3 is 15.2 Å². The van der Waals surface area contributed by atoms with Crippen LogP contribution < -0.4 is 26.1 Å². The highest BCUT2D eigenvalue weighted by Crippen LogP contribution is 2.29. The highest BCUT2D eigenvalue weighted by Gasteiger charge is 2.13. The van der Waals surface area contributed by atoms with Crippen LogP contribution in [-0.2, 0) is 16.8 Å². The van der Waals surface area contributed by atoms with E-state index in [2.05, 4.69) is 68.1 Å². The van der Waals surface area contributed by atoms with Gasteiger partial charge in [-0.25, -0.2) is 0 Å². The quantitative estimate of drug-likeness (QED) is 0.382. The molecule has 4 N–H and O–H groups in total. The zero-order valence-electron chi connectivity index (χ0n) is 17.1. The second kappa shape index (κ2) is 9.93. The molecule has 0 bridgehead atoms. The van der Waals surface area contributed by atoms with Gasteiger partial charge in [-0.3, -0.25) is 15.6 Å². The average molecular weight is 414 g/mol. The number of thiocarbonyl (C=S) groups is 1. The van der Waals surface area contributed by atoms with Crippen LogP contribution in [0.5, 0.6) is 11.5 Å². The summed E-state index contributed by atoms with van der Waals surface area (Å²) >= 11 is 4.62. The Morgan fingerprint density at radius 2 is 1.79 bits per heavy atom. The van der Waals surface area contributed by atoms with E-state index in [9.17, 15) is 4.79 Å². The molecule has 0 saturated carbocycles. The Balaban J connectivity index is 2.01. The summed E-state index contributed by atoms with van der Waals surface area (Å²) in [5.74, 6) is 0.833. The average Bonchev–Trinajstić information content (AvgIpc) is 2.69. The van der Waals surface area contributed by atoms with Crippen LogP contribution in [0.15, 0.2) is 48.5 Å². The van der Waals surface area contributed by atoms with E-state index in [0.717, 1.165) is 11.1 Å². The zero-order chi connectivity index (χ0) is 21.4. The Morgan fingerprint density at radius 1 is 1.10 bits per heavy atom. The van der Waals surface area contributed by atoms with Crippen molar-refractivity contribution in [3.63, 3.8) is 0 Å². The van der Waals surface area contributed by atoms with Gasteiger partial charge in [-0.1, -0.05) is 51.1 Å². The number of nitrogens with two attached hydrogens (primary N) is 1. The van der Waals surface area contributed by atoms with E-state index in [-0.39, 0.29) is 16.4 Å². The van der Waals surface area contributed by atoms with Gasteiger partial charge in [-0.05, 0) is 52.5 Å². The first-order valence-electron chi connectivity index (χ1n) is 9.13. The van der Waals surface area contributed by atoms with E-state index >= 15 is 0 Å². The fraction of sp³-hybridized carbons (Fsp3) is 0.273. The number of hydrogen-bond donors (Lipinski definition) is 3. The molecule has 154 valence electrons. The Labute approximate surface area is 177 Å². The number of carbonyl (C=O) groups is 1. The van der Waals surface area contributed by atoms with Crippen LogP contribution in [0.3, 0.4) is 0 Å². The molecule has 0 unspecified atom stereocenters. The van der Waals surface area contributed by atoms with Crippen molar-refractivity contribution in [3.05, 3.63) is 65.2 Å². The maximum Gasteiger partial charge on any atom is 0.262 e. The second-order valence-electron chi connectivity index (χ2n) is 7.46. The third-order valence-corrected chi connectivity index (χ3v) is 4.24. The normalized spacial score (nSPS) is 11.2. The van der Waals surface area contributed by atoms with Crippen LogP contribution in [0.4, 0.5) is 0 Å². The van der Waals surface area contributed by atoms with E-state index in [0.29, 0.717) is 18.1 Å². The van der Waals surface area contributed by atoms with Crippen molar-refractivity contribution in [3.8, 4) is 11.5 Å². The summed E-state index contributed by atoms with van der Waals surface area (Å²) in [5, 5.41) is -0.0111. The van der Waals surface area contributed by atoms with Crippen molar-refractivity contribution in [2.75, 3.05) is 7.11 Å². The first kappa shape index (κ1) is 22.2. The van der Waals surface area contributed by atoms with Gasteiger partial charge in [0.15, 0.2) is 16.6 Å². The SMILES string of the molecule is COc1cc(/C=C/C(=O)NNC(N)=S)ccc1OCc1ccc(C(C)(C)C)cc1. The lowest BCUT2D eigenvalue weighted by molar-refractivity contribution is -0.116. The number of carbonyl (C=O) groups excluding carboxylic acids is 1. The zero-order valence-corrected chi connectivity index (χ0v) is 17.9. The predicted molar refractivity (Wildman–Crippen MR) is 120 cm³/mol. The van der Waals surface area contributed by atoms with E-state index in [1.165, 1.54) is 11.6 Å². The van der Waals surface area contributed by atoms with Crippen LogP contribution >= 0.6 is 12.2 Å². The Hall–Kier alpha value is -3.06. The molecule has 0 atom stereocenters. The van der Waals surface area contributed by atoms with Gasteiger partial charge in [0.05, 0.1) is 7.11 Å². The number of hydrazine groups is 1. The molecule has 0 heterocycles. The molecule has 0 spiro atoms. The minimum Gasteiger partial charge on any atom is -0.493 e. The number of hydrogen-bond acceptors (Lipinski definition) is 4. The molecule has 29 heavy (non-hydrogen) atoms. The molecule has 0 aromatic heterocycles. The summed E-state index contributed by atoms with van der Waals surface area (Å²) in [7, 11) is 1.58. The summed E-state index contributed by atoms with van der Waals surface area (Å²) in [5.41, 5.74) is 13.2. The summed E-state index contributed by atoms with van der Waals surface area (Å²) in [6.45, 7) is 6.99. The molecule has 0 saturated heterocycles. The second-order valence-corrected chi connectivity index (χ2v) is 7.90. The fourth-order valence-electron chi connectivity index (χ4n) is 2.51. The number of nitrogens with one attached hydrogen (secondary N) is 2. The smallest absolute Gasteiger partial charge is 0.262 e. The van der Waals surface area contributed by atoms with Gasteiger partial charge in [-0.15, -0.1) is 0 Å². The molecule has 7 heteroatoms. The first-order valence-corrected chi connectivity index (χ1v) is 9.53. The molecule has 0 aliphatic rings. The monoisotopic (exact) mass is 413 g/mol. The van der Waals surface area contributed by atoms with Crippen LogP contribution in [0.2, 0.25) is 0 Å². The van der Waals surface area contributed by atoms with Gasteiger partial charge in [0.1, 0.15) is 6.61 Å². The number of benzene rings is 2. The topological polar surface area (TPSA) is 85.6 Å². The van der Waals surface area contributed by atoms with Crippen molar-refractivity contribution in [2.45, 2.75) is 32.8 Å². The van der Waals surface area contributed by atoms with E-state index in [1.807, 2.05) is 12.1 Å². The van der Waals surface area contributed by atoms with Crippen molar-refractivity contribution < 1.29 is 14.3 Å². The lowest BCUT2D eigenvalue weighted by Gasteiger charge is -2.19. The van der Waals surface area contributed by atoms with Gasteiger partial charge in [0.25, 0.3) is 5.91 Å². The largest absolute Gasteiger partial charge is 0.493 e. The van der Waals surface area contributed by atoms with Crippen molar-refractivity contribution in [2.24, 2.45) is 5.73 Å². The highest BCUT2D eigenvalue weighted by molar-refractivity contribution is 7.80. The molecule has 0 aliphatic carbocycles. The minimum atomic E-state index is -0.379. The number of ether oxygens (including phenoxy) is 2. The molecule has 0 aliphatic heterocycles. The summed E-state index contributed by atoms with van der Waals surface area (Å²) < 4.78 is 11.3. The maximum atomic E-state index is 11.7. The third-order valence-electron chi connectivity index (χ3n) is 4.14. The van der Waals surface area contributed by atoms with Crippen LogP contribution in [0.1, 0.15) is 37.5 Å². The third kappa shape index (κ3) is 7.12. The number of methoxy groups -OCH3 is 1. The van der Waals surface area contributed by atoms with E-state index in [4.69, 9.17) is 15.2 Å². The Morgan fingerprint density at radius 3 is 2.38 bits per heavy atom. The standard InChI is InChI=1S/C22H27N3O3S/c1-22(2,3)17-9-5-16(6-10-17)14-28-18-11-7-15(13-19(18)27-4)8-12-20(26)24-25-21(23)29/h5-13H,14H2,1-4H3,(H,24,26)(H3,23,25,29)/b12-8+. The molecule has 2 rings (SSSR count). The molecular weight excluding hydrogens is 386 g/mol. The van der Waals surface area contributed by atoms with Crippen LogP contribution in [-0.4, -0.2) is 18.1 Å². The highest BCUT2D eigenvalue weighted by atomic mass is 32.1. The predicted octanol–water partition coefficient (Wildman–Crippen LogP) is 3.45. The lowest BCUT2D eigenvalue weighted by atomic mass is 9.87. The molecule has 2 aromatic rings. The fourth-order valence-corrected chi connectivity index (χ4v) is 2.56.